The molecule has 4 fully saturated rings. The normalized spacial score (nSPS) is 56.1. The van der Waals surface area contributed by atoms with Crippen molar-refractivity contribution in [1.29, 1.82) is 0 Å². The predicted molar refractivity (Wildman–Crippen MR) is 85.5 cm³/mol. The number of hydrogen-bond donors (Lipinski definition) is 2. The van der Waals surface area contributed by atoms with Crippen LogP contribution in [-0.2, 0) is 9.53 Å². The number of aliphatic hydroxyl groups excluding tert-OH is 2. The molecule has 0 aromatic rings. The van der Waals surface area contributed by atoms with Gasteiger partial charge in [-0.25, -0.2) is 0 Å². The largest absolute Gasteiger partial charge is 0.459 e. The summed E-state index contributed by atoms with van der Waals surface area (Å²) < 4.78 is 5.74. The molecule has 0 bridgehead atoms. The Bertz CT molecular complexity index is 506. The fraction of sp³-hybridized carbons (Fsp3) is 0.947. The number of esters is 1. The molecule has 1 aliphatic heterocycles. The first-order valence-electron chi connectivity index (χ1n) is 9.41. The van der Waals surface area contributed by atoms with Gasteiger partial charge >= 0.3 is 5.97 Å². The summed E-state index contributed by atoms with van der Waals surface area (Å²) in [7, 11) is 0. The molecule has 0 aromatic heterocycles. The first kappa shape index (κ1) is 15.9. The summed E-state index contributed by atoms with van der Waals surface area (Å²) in [5.41, 5.74) is -0.350. The van der Waals surface area contributed by atoms with Crippen LogP contribution in [-0.4, -0.2) is 34.0 Å². The monoisotopic (exact) mass is 322 g/mol. The summed E-state index contributed by atoms with van der Waals surface area (Å²) in [5, 5.41) is 21.1. The molecule has 4 heteroatoms. The fourth-order valence-electron chi connectivity index (χ4n) is 6.89. The molecule has 4 aliphatic rings. The van der Waals surface area contributed by atoms with Crippen LogP contribution >= 0.6 is 0 Å². The lowest BCUT2D eigenvalue weighted by molar-refractivity contribution is -0.228. The van der Waals surface area contributed by atoms with Crippen molar-refractivity contribution >= 4 is 5.97 Å². The second-order valence-corrected chi connectivity index (χ2v) is 9.10. The van der Waals surface area contributed by atoms with Crippen LogP contribution in [0.3, 0.4) is 0 Å². The van der Waals surface area contributed by atoms with E-state index in [9.17, 15) is 15.0 Å². The van der Waals surface area contributed by atoms with Gasteiger partial charge in [-0.3, -0.25) is 4.79 Å². The van der Waals surface area contributed by atoms with Crippen molar-refractivity contribution in [3.05, 3.63) is 0 Å². The van der Waals surface area contributed by atoms with Crippen molar-refractivity contribution in [3.8, 4) is 0 Å². The summed E-state index contributed by atoms with van der Waals surface area (Å²) in [5.74, 6) is 1.56. The summed E-state index contributed by atoms with van der Waals surface area (Å²) in [6.07, 6.45) is 6.47. The lowest BCUT2D eigenvalue weighted by Gasteiger charge is -2.63. The Hall–Kier alpha value is -0.610. The van der Waals surface area contributed by atoms with Crippen molar-refractivity contribution < 1.29 is 19.7 Å². The van der Waals surface area contributed by atoms with E-state index in [0.29, 0.717) is 36.5 Å². The van der Waals surface area contributed by atoms with Crippen molar-refractivity contribution in [3.63, 3.8) is 0 Å². The van der Waals surface area contributed by atoms with Crippen LogP contribution < -0.4 is 0 Å². The molecule has 1 heterocycles. The molecular weight excluding hydrogens is 292 g/mol. The molecule has 4 nitrogen and oxygen atoms in total. The Morgan fingerprint density at radius 2 is 1.91 bits per heavy atom. The van der Waals surface area contributed by atoms with Crippen LogP contribution in [0.1, 0.15) is 65.2 Å². The lowest BCUT2D eigenvalue weighted by Crippen LogP contribution is -2.63. The number of rotatable bonds is 0. The highest BCUT2D eigenvalue weighted by Crippen LogP contribution is 2.63. The molecule has 0 amide bonds. The third kappa shape index (κ3) is 2.28. The number of carbonyl (C=O) groups is 1. The minimum absolute atomic E-state index is 0.102. The summed E-state index contributed by atoms with van der Waals surface area (Å²) in [4.78, 5) is 11.8. The Morgan fingerprint density at radius 1 is 1.13 bits per heavy atom. The van der Waals surface area contributed by atoms with Crippen molar-refractivity contribution in [2.45, 2.75) is 83.0 Å². The van der Waals surface area contributed by atoms with E-state index in [1.165, 1.54) is 0 Å². The summed E-state index contributed by atoms with van der Waals surface area (Å²) >= 11 is 0. The number of fused-ring (bicyclic) bond motifs is 5. The van der Waals surface area contributed by atoms with Gasteiger partial charge in [-0.05, 0) is 68.6 Å². The van der Waals surface area contributed by atoms with E-state index in [2.05, 4.69) is 6.92 Å². The van der Waals surface area contributed by atoms with Gasteiger partial charge in [-0.1, -0.05) is 6.92 Å². The van der Waals surface area contributed by atoms with Gasteiger partial charge < -0.3 is 14.9 Å². The molecule has 3 aliphatic carbocycles. The topological polar surface area (TPSA) is 66.8 Å². The van der Waals surface area contributed by atoms with E-state index in [1.807, 2.05) is 6.92 Å². The molecule has 2 N–H and O–H groups in total. The van der Waals surface area contributed by atoms with Gasteiger partial charge in [0, 0.05) is 18.8 Å². The Morgan fingerprint density at radius 3 is 2.70 bits per heavy atom. The molecule has 0 spiro atoms. The fourth-order valence-corrected chi connectivity index (χ4v) is 6.89. The third-order valence-electron chi connectivity index (χ3n) is 7.91. The van der Waals surface area contributed by atoms with E-state index < -0.39 is 11.7 Å². The minimum Gasteiger partial charge on any atom is -0.459 e. The van der Waals surface area contributed by atoms with Gasteiger partial charge in [0.15, 0.2) is 0 Å². The predicted octanol–water partition coefficient (Wildman–Crippen LogP) is 2.66. The van der Waals surface area contributed by atoms with E-state index in [1.54, 1.807) is 0 Å². The van der Waals surface area contributed by atoms with E-state index in [4.69, 9.17) is 4.74 Å². The quantitative estimate of drug-likeness (QED) is 0.673. The maximum Gasteiger partial charge on any atom is 0.306 e. The van der Waals surface area contributed by atoms with Crippen molar-refractivity contribution in [2.75, 3.05) is 0 Å². The highest BCUT2D eigenvalue weighted by Gasteiger charge is 2.61. The van der Waals surface area contributed by atoms with Gasteiger partial charge in [0.25, 0.3) is 0 Å². The van der Waals surface area contributed by atoms with Crippen LogP contribution in [0.25, 0.3) is 0 Å². The molecule has 130 valence electrons. The van der Waals surface area contributed by atoms with Crippen molar-refractivity contribution in [1.82, 2.24) is 0 Å². The first-order valence-corrected chi connectivity index (χ1v) is 9.41. The Labute approximate surface area is 138 Å². The van der Waals surface area contributed by atoms with Crippen LogP contribution in [0, 0.1) is 29.1 Å². The van der Waals surface area contributed by atoms with Gasteiger partial charge in [-0.15, -0.1) is 0 Å². The van der Waals surface area contributed by atoms with E-state index >= 15 is 0 Å². The first-order chi connectivity index (χ1) is 10.8. The molecule has 3 saturated carbocycles. The van der Waals surface area contributed by atoms with Crippen LogP contribution in [0.2, 0.25) is 0 Å². The lowest BCUT2D eigenvalue weighted by atomic mass is 9.45. The number of aliphatic hydroxyl groups is 2. The number of hydrogen-bond acceptors (Lipinski definition) is 4. The van der Waals surface area contributed by atoms with Gasteiger partial charge in [0.05, 0.1) is 12.2 Å². The summed E-state index contributed by atoms with van der Waals surface area (Å²) in [6.45, 7) is 4.38. The Kier molecular flexibility index (Phi) is 3.59. The third-order valence-corrected chi connectivity index (χ3v) is 7.91. The molecule has 8 atom stereocenters. The van der Waals surface area contributed by atoms with Crippen molar-refractivity contribution in [2.24, 2.45) is 29.1 Å². The zero-order valence-corrected chi connectivity index (χ0v) is 14.3. The van der Waals surface area contributed by atoms with Gasteiger partial charge in [-0.2, -0.15) is 0 Å². The minimum atomic E-state index is -0.479. The SMILES string of the molecule is C[C@]12CC[C@@H](O)C[C@H]1CC[C@@H]1[C@@H]2[C@@H](O)C[C@]2(C)OC(=O)CC[C@@H]12. The van der Waals surface area contributed by atoms with Crippen LogP contribution in [0.15, 0.2) is 0 Å². The Balaban J connectivity index is 1.66. The van der Waals surface area contributed by atoms with E-state index in [-0.39, 0.29) is 17.5 Å². The van der Waals surface area contributed by atoms with Crippen LogP contribution in [0.4, 0.5) is 0 Å². The maximum atomic E-state index is 11.8. The molecular formula is C19H30O4. The highest BCUT2D eigenvalue weighted by molar-refractivity contribution is 5.71. The average Bonchev–Trinajstić information content (AvgIpc) is 2.46. The molecule has 0 aromatic carbocycles. The average molecular weight is 322 g/mol. The molecule has 0 unspecified atom stereocenters. The van der Waals surface area contributed by atoms with Gasteiger partial charge in [0.2, 0.25) is 0 Å². The zero-order chi connectivity index (χ0) is 16.4. The smallest absolute Gasteiger partial charge is 0.306 e. The zero-order valence-electron chi connectivity index (χ0n) is 14.3. The molecule has 4 rings (SSSR count). The molecule has 23 heavy (non-hydrogen) atoms. The standard InChI is InChI=1S/C19H30O4/c1-18-8-7-12(20)9-11(18)3-4-13-14-5-6-16(22)23-19(14,2)10-15(21)17(13)18/h11-15,17,20-21H,3-10H2,1-2H3/t11-,12-,13+,14+,15+,17-,18+,19+/m1/s1. The maximum absolute atomic E-state index is 11.8. The molecule has 0 radical (unpaired) electrons. The number of carbonyl (C=O) groups excluding carboxylic acids is 1. The van der Waals surface area contributed by atoms with E-state index in [0.717, 1.165) is 38.5 Å². The second kappa shape index (κ2) is 5.19. The highest BCUT2D eigenvalue weighted by atomic mass is 16.6. The second-order valence-electron chi connectivity index (χ2n) is 9.10. The number of ether oxygens (including phenoxy) is 1. The van der Waals surface area contributed by atoms with Crippen LogP contribution in [0.5, 0.6) is 0 Å². The van der Waals surface area contributed by atoms with Gasteiger partial charge in [0.1, 0.15) is 5.60 Å². The summed E-state index contributed by atoms with van der Waals surface area (Å²) in [6, 6.07) is 0. The molecule has 1 saturated heterocycles.